The third-order valence-electron chi connectivity index (χ3n) is 3.16. The highest BCUT2D eigenvalue weighted by molar-refractivity contribution is 5.57. The van der Waals surface area contributed by atoms with E-state index in [1.165, 1.54) is 25.3 Å². The van der Waals surface area contributed by atoms with E-state index in [4.69, 9.17) is 4.74 Å². The van der Waals surface area contributed by atoms with Crippen LogP contribution < -0.4 is 10.2 Å². The van der Waals surface area contributed by atoms with Gasteiger partial charge in [-0.15, -0.1) is 0 Å². The van der Waals surface area contributed by atoms with E-state index in [0.717, 1.165) is 18.8 Å². The van der Waals surface area contributed by atoms with Crippen molar-refractivity contribution in [2.24, 2.45) is 0 Å². The van der Waals surface area contributed by atoms with Gasteiger partial charge in [0.15, 0.2) is 5.75 Å². The molecule has 1 saturated heterocycles. The molecule has 0 spiro atoms. The van der Waals surface area contributed by atoms with Gasteiger partial charge >= 0.3 is 5.69 Å². The molecule has 0 aromatic heterocycles. The molecule has 20 heavy (non-hydrogen) atoms. The zero-order valence-electron chi connectivity index (χ0n) is 12.0. The maximum Gasteiger partial charge on any atom is 0.311 e. The molecule has 1 heterocycles. The van der Waals surface area contributed by atoms with Gasteiger partial charge in [-0.3, -0.25) is 10.1 Å². The number of anilines is 1. The number of nitrogens with one attached hydrogen (secondary N) is 1. The molecule has 110 valence electrons. The number of hydrogen-bond acceptors (Lipinski definition) is 5. The van der Waals surface area contributed by atoms with Crippen molar-refractivity contribution in [3.05, 3.63) is 28.3 Å². The second kappa shape index (κ2) is 6.56. The number of piperidine rings is 1. The molecule has 0 radical (unpaired) electrons. The number of ether oxygens (including phenoxy) is 1. The number of nitrogens with zero attached hydrogens (tertiary/aromatic N) is 2. The van der Waals surface area contributed by atoms with Crippen molar-refractivity contribution in [2.75, 3.05) is 18.5 Å². The lowest BCUT2D eigenvalue weighted by molar-refractivity contribution is -0.386. The first-order valence-electron chi connectivity index (χ1n) is 7.03. The van der Waals surface area contributed by atoms with E-state index >= 15 is 0 Å². The Morgan fingerprint density at radius 3 is 2.60 bits per heavy atom. The quantitative estimate of drug-likeness (QED) is 0.662. The summed E-state index contributed by atoms with van der Waals surface area (Å²) in [6.45, 7) is 5.71. The molecule has 1 aromatic carbocycles. The molecule has 6 nitrogen and oxygen atoms in total. The zero-order chi connectivity index (χ0) is 14.5. The van der Waals surface area contributed by atoms with Gasteiger partial charge in [0.25, 0.3) is 0 Å². The Hall–Kier alpha value is -1.82. The van der Waals surface area contributed by atoms with E-state index in [1.54, 1.807) is 12.1 Å². The topological polar surface area (TPSA) is 67.6 Å². The van der Waals surface area contributed by atoms with Gasteiger partial charge in [-0.25, -0.2) is 5.01 Å². The van der Waals surface area contributed by atoms with Crippen molar-refractivity contribution < 1.29 is 9.66 Å². The van der Waals surface area contributed by atoms with Crippen LogP contribution >= 0.6 is 0 Å². The van der Waals surface area contributed by atoms with Crippen LogP contribution in [0.3, 0.4) is 0 Å². The molecule has 0 amide bonds. The number of hydrogen-bond donors (Lipinski definition) is 1. The predicted molar refractivity (Wildman–Crippen MR) is 77.9 cm³/mol. The van der Waals surface area contributed by atoms with Crippen molar-refractivity contribution in [3.8, 4) is 5.75 Å². The highest BCUT2D eigenvalue weighted by atomic mass is 16.6. The van der Waals surface area contributed by atoms with Gasteiger partial charge in [-0.2, -0.15) is 0 Å². The monoisotopic (exact) mass is 279 g/mol. The first kappa shape index (κ1) is 14.6. The van der Waals surface area contributed by atoms with Crippen molar-refractivity contribution in [3.63, 3.8) is 0 Å². The minimum absolute atomic E-state index is 0.00268. The Bertz CT molecular complexity index is 471. The Labute approximate surface area is 118 Å². The van der Waals surface area contributed by atoms with E-state index in [9.17, 15) is 10.1 Å². The summed E-state index contributed by atoms with van der Waals surface area (Å²) in [6, 6.07) is 4.91. The molecule has 0 saturated carbocycles. The summed E-state index contributed by atoms with van der Waals surface area (Å²) >= 11 is 0. The zero-order valence-corrected chi connectivity index (χ0v) is 12.0. The fraction of sp³-hybridized carbons (Fsp3) is 0.571. The third-order valence-corrected chi connectivity index (χ3v) is 3.16. The largest absolute Gasteiger partial charge is 0.484 e. The Morgan fingerprint density at radius 2 is 2.00 bits per heavy atom. The summed E-state index contributed by atoms with van der Waals surface area (Å²) in [4.78, 5) is 10.6. The van der Waals surface area contributed by atoms with E-state index in [0.29, 0.717) is 5.75 Å². The smallest absolute Gasteiger partial charge is 0.311 e. The molecular formula is C14H21N3O3. The summed E-state index contributed by atoms with van der Waals surface area (Å²) in [5, 5.41) is 13.1. The van der Waals surface area contributed by atoms with Crippen LogP contribution in [0.4, 0.5) is 11.4 Å². The fourth-order valence-electron chi connectivity index (χ4n) is 2.27. The van der Waals surface area contributed by atoms with Gasteiger partial charge in [0.1, 0.15) is 0 Å². The second-order valence-electron chi connectivity index (χ2n) is 5.27. The maximum atomic E-state index is 11.0. The van der Waals surface area contributed by atoms with Gasteiger partial charge in [0.05, 0.1) is 16.7 Å². The number of hydrazine groups is 1. The average Bonchev–Trinajstić information content (AvgIpc) is 2.39. The summed E-state index contributed by atoms with van der Waals surface area (Å²) in [5.41, 5.74) is 4.12. The molecule has 1 N–H and O–H groups in total. The SMILES string of the molecule is CC(C)Oc1cc(NN2CCCCC2)ccc1[N+](=O)[O-]. The minimum atomic E-state index is -0.414. The summed E-state index contributed by atoms with van der Waals surface area (Å²) in [6.07, 6.45) is 3.52. The van der Waals surface area contributed by atoms with Crippen LogP contribution in [-0.4, -0.2) is 29.1 Å². The first-order valence-corrected chi connectivity index (χ1v) is 7.03. The lowest BCUT2D eigenvalue weighted by Crippen LogP contribution is -2.34. The van der Waals surface area contributed by atoms with Crippen LogP contribution in [0.15, 0.2) is 18.2 Å². The van der Waals surface area contributed by atoms with Crippen LogP contribution in [-0.2, 0) is 0 Å². The molecule has 1 aromatic rings. The van der Waals surface area contributed by atoms with Crippen LogP contribution in [0.1, 0.15) is 33.1 Å². The standard InChI is InChI=1S/C14H21N3O3/c1-11(2)20-14-10-12(6-7-13(14)17(18)19)15-16-8-4-3-5-9-16/h6-7,10-11,15H,3-5,8-9H2,1-2H3. The first-order chi connectivity index (χ1) is 9.56. The van der Waals surface area contributed by atoms with Crippen molar-refractivity contribution in [2.45, 2.75) is 39.2 Å². The molecule has 2 rings (SSSR count). The van der Waals surface area contributed by atoms with Crippen LogP contribution in [0.25, 0.3) is 0 Å². The van der Waals surface area contributed by atoms with Gasteiger partial charge in [-0.05, 0) is 32.8 Å². The van der Waals surface area contributed by atoms with Crippen molar-refractivity contribution >= 4 is 11.4 Å². The highest BCUT2D eigenvalue weighted by Crippen LogP contribution is 2.31. The lowest BCUT2D eigenvalue weighted by atomic mass is 10.2. The molecule has 1 aliphatic heterocycles. The van der Waals surface area contributed by atoms with E-state index < -0.39 is 4.92 Å². The number of nitro benzene ring substituents is 1. The maximum absolute atomic E-state index is 11.0. The van der Waals surface area contributed by atoms with Gasteiger partial charge in [0.2, 0.25) is 0 Å². The highest BCUT2D eigenvalue weighted by Gasteiger charge is 2.18. The molecule has 0 atom stereocenters. The number of rotatable bonds is 5. The number of nitro groups is 1. The molecule has 1 fully saturated rings. The summed E-state index contributed by atoms with van der Waals surface area (Å²) in [7, 11) is 0. The molecule has 0 aliphatic carbocycles. The Morgan fingerprint density at radius 1 is 1.30 bits per heavy atom. The third kappa shape index (κ3) is 3.84. The molecule has 0 bridgehead atoms. The minimum Gasteiger partial charge on any atom is -0.484 e. The van der Waals surface area contributed by atoms with Crippen molar-refractivity contribution in [1.82, 2.24) is 5.01 Å². The Kier molecular flexibility index (Phi) is 4.79. The van der Waals surface area contributed by atoms with Crippen molar-refractivity contribution in [1.29, 1.82) is 0 Å². The van der Waals surface area contributed by atoms with Gasteiger partial charge in [0, 0.05) is 25.2 Å². The molecule has 0 unspecified atom stereocenters. The average molecular weight is 279 g/mol. The van der Waals surface area contributed by atoms with E-state index in [-0.39, 0.29) is 11.8 Å². The number of benzene rings is 1. The van der Waals surface area contributed by atoms with E-state index in [1.807, 2.05) is 13.8 Å². The summed E-state index contributed by atoms with van der Waals surface area (Å²) < 4.78 is 5.54. The molecule has 6 heteroatoms. The fourth-order valence-corrected chi connectivity index (χ4v) is 2.27. The lowest BCUT2D eigenvalue weighted by Gasteiger charge is -2.28. The van der Waals surface area contributed by atoms with E-state index in [2.05, 4.69) is 10.4 Å². The predicted octanol–water partition coefficient (Wildman–Crippen LogP) is 3.19. The second-order valence-corrected chi connectivity index (χ2v) is 5.27. The molecule has 1 aliphatic rings. The van der Waals surface area contributed by atoms with Crippen LogP contribution in [0, 0.1) is 10.1 Å². The normalized spacial score (nSPS) is 16.1. The van der Waals surface area contributed by atoms with Crippen LogP contribution in [0.2, 0.25) is 0 Å². The molecular weight excluding hydrogens is 258 g/mol. The van der Waals surface area contributed by atoms with Gasteiger partial charge in [-0.1, -0.05) is 6.42 Å². The summed E-state index contributed by atoms with van der Waals surface area (Å²) in [5.74, 6) is 0.312. The van der Waals surface area contributed by atoms with Crippen LogP contribution in [0.5, 0.6) is 5.75 Å². The van der Waals surface area contributed by atoms with Gasteiger partial charge < -0.3 is 10.2 Å². The Balaban J connectivity index is 2.15.